The molecular weight excluding hydrogens is 128 g/mol. The molecule has 0 bridgehead atoms. The van der Waals surface area contributed by atoms with E-state index in [0.717, 1.165) is 0 Å². The van der Waals surface area contributed by atoms with Crippen LogP contribution >= 0.6 is 0 Å². The van der Waals surface area contributed by atoms with E-state index in [1.165, 1.54) is 0 Å². The molecule has 0 spiro atoms. The predicted octanol–water partition coefficient (Wildman–Crippen LogP) is -0.331. The lowest BCUT2D eigenvalue weighted by atomic mass is 11.3. The van der Waals surface area contributed by atoms with E-state index in [-0.39, 0.29) is 6.15 Å². The van der Waals surface area contributed by atoms with Crippen LogP contribution in [0, 0.1) is 0 Å². The summed E-state index contributed by atoms with van der Waals surface area (Å²) in [5.74, 6) is 0. The second kappa shape index (κ2) is 67.4. The molecule has 0 unspecified atom stereocenters. The molecule has 0 aromatic carbocycles. The molecule has 0 aromatic rings. The van der Waals surface area contributed by atoms with Crippen LogP contribution in [0.15, 0.2) is 0 Å². The van der Waals surface area contributed by atoms with Crippen LogP contribution < -0.4 is 22.1 Å². The van der Waals surface area contributed by atoms with E-state index in [9.17, 15) is 0 Å². The van der Waals surface area contributed by atoms with Crippen molar-refractivity contribution >= 4 is 0 Å². The molecule has 0 aromatic heterocycles. The molecule has 0 radical (unpaired) electrons. The summed E-state index contributed by atoms with van der Waals surface area (Å²) in [5.41, 5.74) is 0. The summed E-state index contributed by atoms with van der Waals surface area (Å²) in [7, 11) is 11.2. The van der Waals surface area contributed by atoms with Gasteiger partial charge in [0.05, 0.1) is 0 Å². The molecule has 0 amide bonds. The maximum absolute atomic E-state index is 2.75. The van der Waals surface area contributed by atoms with Gasteiger partial charge in [0, 0.05) is 0 Å². The summed E-state index contributed by atoms with van der Waals surface area (Å²) < 4.78 is 0. The van der Waals surface area contributed by atoms with Crippen molar-refractivity contribution in [2.24, 2.45) is 0 Å². The van der Waals surface area contributed by atoms with Gasteiger partial charge in [0.15, 0.2) is 0 Å². The summed E-state index contributed by atoms with van der Waals surface area (Å²) in [4.78, 5) is 0. The molecule has 68 valence electrons. The molecule has 0 aliphatic rings. The fraction of sp³-hybridized carbons (Fsp3) is 1.00. The van der Waals surface area contributed by atoms with Crippen LogP contribution in [-0.4, -0.2) is 42.3 Å². The minimum absolute atomic E-state index is 0. The van der Waals surface area contributed by atoms with Crippen molar-refractivity contribution in [1.82, 2.24) is 22.1 Å². The van der Waals surface area contributed by atoms with Gasteiger partial charge < -0.3 is 22.1 Å². The van der Waals surface area contributed by atoms with Gasteiger partial charge in [0.2, 0.25) is 0 Å². The molecule has 4 nitrogen and oxygen atoms in total. The molecule has 6 N–H and O–H groups in total. The molecule has 10 heavy (non-hydrogen) atoms. The lowest BCUT2D eigenvalue weighted by Gasteiger charge is -1.59. The van der Waals surface area contributed by atoms with Gasteiger partial charge in [-0.25, -0.2) is 0 Å². The predicted molar refractivity (Wildman–Crippen MR) is 50.0 cm³/mol. The fourth-order valence-electron chi connectivity index (χ4n) is 0. The number of nitrogens with one attached hydrogen (secondary N) is 3. The van der Waals surface area contributed by atoms with Crippen molar-refractivity contribution in [1.29, 1.82) is 0 Å². The van der Waals surface area contributed by atoms with Crippen LogP contribution in [0.3, 0.4) is 0 Å². The first-order valence-electron chi connectivity index (χ1n) is 3.00. The van der Waals surface area contributed by atoms with Crippen LogP contribution in [-0.2, 0) is 0 Å². The van der Waals surface area contributed by atoms with Crippen LogP contribution in [0.5, 0.6) is 0 Å². The van der Waals surface area contributed by atoms with Crippen molar-refractivity contribution in [3.8, 4) is 0 Å². The second-order valence-electron chi connectivity index (χ2n) is 1.50. The number of rotatable bonds is 0. The molecule has 0 saturated carbocycles. The second-order valence-corrected chi connectivity index (χ2v) is 1.50. The van der Waals surface area contributed by atoms with Crippen LogP contribution in [0.4, 0.5) is 0 Å². The third kappa shape index (κ3) is 14300. The molecular formula is C6H24N4. The van der Waals surface area contributed by atoms with Crippen LogP contribution in [0.1, 0.15) is 0 Å². The Morgan fingerprint density at radius 1 is 0.500 bits per heavy atom. The zero-order chi connectivity index (χ0) is 8.12. The summed E-state index contributed by atoms with van der Waals surface area (Å²) >= 11 is 0. The smallest absolute Gasteiger partial charge is 0.0167 e. The highest BCUT2D eigenvalue weighted by atomic mass is 14.7. The monoisotopic (exact) mass is 152 g/mol. The van der Waals surface area contributed by atoms with E-state index in [1.54, 1.807) is 0 Å². The van der Waals surface area contributed by atoms with Gasteiger partial charge in [-0.05, 0) is 42.3 Å². The maximum atomic E-state index is 2.75. The molecule has 4 heteroatoms. The van der Waals surface area contributed by atoms with Crippen molar-refractivity contribution in [2.75, 3.05) is 42.3 Å². The Labute approximate surface area is 65.4 Å². The third-order valence-corrected chi connectivity index (χ3v) is 0. The van der Waals surface area contributed by atoms with Gasteiger partial charge in [-0.3, -0.25) is 0 Å². The van der Waals surface area contributed by atoms with Gasteiger partial charge in [-0.15, -0.1) is 0 Å². The first kappa shape index (κ1) is 22.5. The Balaban J connectivity index is -0.0000000257. The summed E-state index contributed by atoms with van der Waals surface area (Å²) in [6, 6.07) is 0. The lowest BCUT2D eigenvalue weighted by molar-refractivity contribution is 1.02. The minimum Gasteiger partial charge on any atom is -0.344 e. The normalized spacial score (nSPS) is 5.40. The van der Waals surface area contributed by atoms with E-state index in [1.807, 2.05) is 42.3 Å². The maximum Gasteiger partial charge on any atom is -0.0167 e. The molecule has 0 heterocycles. The zero-order valence-corrected chi connectivity index (χ0v) is 8.21. The van der Waals surface area contributed by atoms with Gasteiger partial charge >= 0.3 is 0 Å². The average molecular weight is 152 g/mol. The molecule has 0 fully saturated rings. The van der Waals surface area contributed by atoms with Crippen molar-refractivity contribution < 1.29 is 0 Å². The Bertz CT molecular complexity index is 14.5. The highest BCUT2D eigenvalue weighted by Gasteiger charge is 1.26. The molecule has 0 saturated heterocycles. The number of hydrogen-bond acceptors (Lipinski definition) is 4. The van der Waals surface area contributed by atoms with Crippen molar-refractivity contribution in [3.05, 3.63) is 0 Å². The van der Waals surface area contributed by atoms with Gasteiger partial charge in [0.1, 0.15) is 0 Å². The molecule has 0 atom stereocenters. The van der Waals surface area contributed by atoms with E-state index in [2.05, 4.69) is 16.0 Å². The number of hydrogen-bond donors (Lipinski definition) is 4. The summed E-state index contributed by atoms with van der Waals surface area (Å²) in [6.45, 7) is 0. The van der Waals surface area contributed by atoms with E-state index < -0.39 is 0 Å². The fourth-order valence-corrected chi connectivity index (χ4v) is 0. The topological polar surface area (TPSA) is 71.1 Å². The molecule has 0 aliphatic carbocycles. The van der Waals surface area contributed by atoms with E-state index >= 15 is 0 Å². The summed E-state index contributed by atoms with van der Waals surface area (Å²) in [6.07, 6.45) is 0. The Kier molecular flexibility index (Phi) is 152. The van der Waals surface area contributed by atoms with Crippen LogP contribution in [0.2, 0.25) is 0 Å². The molecule has 0 rings (SSSR count). The van der Waals surface area contributed by atoms with Gasteiger partial charge in [-0.1, -0.05) is 0 Å². The third-order valence-electron chi connectivity index (χ3n) is 0. The quantitative estimate of drug-likeness (QED) is 0.383. The Morgan fingerprint density at radius 3 is 0.500 bits per heavy atom. The minimum atomic E-state index is 0. The Morgan fingerprint density at radius 2 is 0.500 bits per heavy atom. The van der Waals surface area contributed by atoms with Gasteiger partial charge in [0.25, 0.3) is 0 Å². The first-order chi connectivity index (χ1) is 4.24. The zero-order valence-electron chi connectivity index (χ0n) is 8.21. The molecule has 0 aliphatic heterocycles. The SMILES string of the molecule is CNC.CNC.CNC.N. The van der Waals surface area contributed by atoms with Crippen molar-refractivity contribution in [2.45, 2.75) is 0 Å². The Hall–Kier alpha value is -0.160. The largest absolute Gasteiger partial charge is 0.344 e. The lowest BCUT2D eigenvalue weighted by Crippen LogP contribution is -1.89. The first-order valence-corrected chi connectivity index (χ1v) is 3.00. The standard InChI is InChI=1S/3C2H7N.H3N/c3*1-3-2;/h3*3H,1-2H3;1H3. The van der Waals surface area contributed by atoms with Gasteiger partial charge in [-0.2, -0.15) is 0 Å². The summed E-state index contributed by atoms with van der Waals surface area (Å²) in [5, 5.41) is 8.25. The van der Waals surface area contributed by atoms with E-state index in [4.69, 9.17) is 0 Å². The highest BCUT2D eigenvalue weighted by Crippen LogP contribution is 0.987. The van der Waals surface area contributed by atoms with E-state index in [0.29, 0.717) is 0 Å². The van der Waals surface area contributed by atoms with Crippen molar-refractivity contribution in [3.63, 3.8) is 0 Å². The highest BCUT2D eigenvalue weighted by molar-refractivity contribution is 3.91. The van der Waals surface area contributed by atoms with Crippen LogP contribution in [0.25, 0.3) is 0 Å². The average Bonchev–Trinajstić information content (AvgIpc) is 1.70.